The van der Waals surface area contributed by atoms with Gasteiger partial charge in [0.05, 0.1) is 0 Å². The molecule has 3 nitrogen and oxygen atoms in total. The highest BCUT2D eigenvalue weighted by molar-refractivity contribution is 5.85. The zero-order valence-corrected chi connectivity index (χ0v) is 11.7. The molecule has 1 aliphatic rings. The van der Waals surface area contributed by atoms with E-state index >= 15 is 0 Å². The largest absolute Gasteiger partial charge is 0.316 e. The van der Waals surface area contributed by atoms with Crippen molar-refractivity contribution in [2.45, 2.75) is 19.4 Å². The summed E-state index contributed by atoms with van der Waals surface area (Å²) in [4.78, 5) is 12.3. The van der Waals surface area contributed by atoms with E-state index in [1.807, 2.05) is 41.1 Å². The topological polar surface area (TPSA) is 34.0 Å². The molecule has 2 aromatic rings. The number of fused-ring (bicyclic) bond motifs is 1. The molecule has 1 aromatic carbocycles. The van der Waals surface area contributed by atoms with Crippen molar-refractivity contribution in [3.8, 4) is 0 Å². The lowest BCUT2D eigenvalue weighted by Crippen LogP contribution is -2.34. The van der Waals surface area contributed by atoms with E-state index < -0.39 is 0 Å². The van der Waals surface area contributed by atoms with Gasteiger partial charge < -0.3 is 9.88 Å². The summed E-state index contributed by atoms with van der Waals surface area (Å²) in [5.41, 5.74) is 0.138. The van der Waals surface area contributed by atoms with Crippen LogP contribution in [0.25, 0.3) is 10.8 Å². The maximum atomic E-state index is 12.3. The summed E-state index contributed by atoms with van der Waals surface area (Å²) < 4.78 is 1.86. The number of piperidine rings is 1. The predicted octanol–water partition coefficient (Wildman–Crippen LogP) is 2.42. The number of hydrogen-bond donors (Lipinski definition) is 1. The SMILES string of the molecule is Cl.O=c1c2ccccc2ccn1CC1CCCNC1. The van der Waals surface area contributed by atoms with Gasteiger partial charge in [0.25, 0.3) is 5.56 Å². The van der Waals surface area contributed by atoms with E-state index in [2.05, 4.69) is 5.32 Å². The van der Waals surface area contributed by atoms with Crippen molar-refractivity contribution in [3.05, 3.63) is 46.9 Å². The summed E-state index contributed by atoms with van der Waals surface area (Å²) in [6.45, 7) is 2.97. The second kappa shape index (κ2) is 6.22. The molecular weight excluding hydrogens is 260 g/mol. The lowest BCUT2D eigenvalue weighted by Gasteiger charge is -2.23. The average Bonchev–Trinajstić information content (AvgIpc) is 2.43. The Morgan fingerprint density at radius 1 is 1.26 bits per heavy atom. The molecule has 3 rings (SSSR count). The van der Waals surface area contributed by atoms with Crippen molar-refractivity contribution in [1.82, 2.24) is 9.88 Å². The van der Waals surface area contributed by atoms with Crippen LogP contribution in [0.1, 0.15) is 12.8 Å². The van der Waals surface area contributed by atoms with E-state index in [1.165, 1.54) is 12.8 Å². The predicted molar refractivity (Wildman–Crippen MR) is 81.0 cm³/mol. The fourth-order valence-electron chi connectivity index (χ4n) is 2.73. The highest BCUT2D eigenvalue weighted by atomic mass is 35.5. The molecule has 1 N–H and O–H groups in total. The highest BCUT2D eigenvalue weighted by Gasteiger charge is 2.14. The number of rotatable bonds is 2. The van der Waals surface area contributed by atoms with E-state index in [1.54, 1.807) is 0 Å². The number of nitrogens with zero attached hydrogens (tertiary/aromatic N) is 1. The van der Waals surface area contributed by atoms with Gasteiger partial charge in [-0.05, 0) is 49.4 Å². The van der Waals surface area contributed by atoms with Gasteiger partial charge in [0.2, 0.25) is 0 Å². The highest BCUT2D eigenvalue weighted by Crippen LogP contribution is 2.13. The molecule has 2 heterocycles. The van der Waals surface area contributed by atoms with Crippen LogP contribution < -0.4 is 10.9 Å². The molecule has 19 heavy (non-hydrogen) atoms. The standard InChI is InChI=1S/C15H18N2O.ClH/c18-15-14-6-2-1-5-13(14)7-9-17(15)11-12-4-3-8-16-10-12;/h1-2,5-7,9,12,16H,3-4,8,10-11H2;1H. The number of nitrogens with one attached hydrogen (secondary N) is 1. The van der Waals surface area contributed by atoms with E-state index in [4.69, 9.17) is 0 Å². The molecular formula is C15H19ClN2O. The number of hydrogen-bond acceptors (Lipinski definition) is 2. The Bertz CT molecular complexity index is 602. The number of halogens is 1. The van der Waals surface area contributed by atoms with Crippen LogP contribution >= 0.6 is 12.4 Å². The molecule has 1 atom stereocenters. The van der Waals surface area contributed by atoms with E-state index in [9.17, 15) is 4.79 Å². The molecule has 1 saturated heterocycles. The molecule has 1 aliphatic heterocycles. The Kier molecular flexibility index (Phi) is 4.61. The van der Waals surface area contributed by atoms with Gasteiger partial charge in [-0.25, -0.2) is 0 Å². The normalized spacial score (nSPS) is 19.1. The van der Waals surface area contributed by atoms with Crippen LogP contribution in [0, 0.1) is 5.92 Å². The van der Waals surface area contributed by atoms with Gasteiger partial charge in [0.1, 0.15) is 0 Å². The van der Waals surface area contributed by atoms with Gasteiger partial charge in [-0.2, -0.15) is 0 Å². The van der Waals surface area contributed by atoms with Crippen LogP contribution in [0.5, 0.6) is 0 Å². The molecule has 0 bridgehead atoms. The summed E-state index contributed by atoms with van der Waals surface area (Å²) >= 11 is 0. The van der Waals surface area contributed by atoms with Crippen LogP contribution in [-0.4, -0.2) is 17.7 Å². The summed E-state index contributed by atoms with van der Waals surface area (Å²) in [5, 5.41) is 5.25. The van der Waals surface area contributed by atoms with Gasteiger partial charge in [0, 0.05) is 18.1 Å². The fraction of sp³-hybridized carbons (Fsp3) is 0.400. The molecule has 1 unspecified atom stereocenters. The van der Waals surface area contributed by atoms with Crippen molar-refractivity contribution in [2.75, 3.05) is 13.1 Å². The minimum atomic E-state index is 0. The zero-order chi connectivity index (χ0) is 12.4. The zero-order valence-electron chi connectivity index (χ0n) is 10.8. The quantitative estimate of drug-likeness (QED) is 0.915. The molecule has 0 aliphatic carbocycles. The molecule has 4 heteroatoms. The Balaban J connectivity index is 0.00000133. The molecule has 0 amide bonds. The Labute approximate surface area is 119 Å². The third-order valence-corrected chi connectivity index (χ3v) is 3.74. The van der Waals surface area contributed by atoms with Crippen molar-refractivity contribution in [3.63, 3.8) is 0 Å². The Hall–Kier alpha value is -1.32. The van der Waals surface area contributed by atoms with Crippen LogP contribution in [0.4, 0.5) is 0 Å². The number of pyridine rings is 1. The first-order chi connectivity index (χ1) is 8.84. The number of aromatic nitrogens is 1. The van der Waals surface area contributed by atoms with E-state index in [0.29, 0.717) is 5.92 Å². The van der Waals surface area contributed by atoms with Gasteiger partial charge in [-0.1, -0.05) is 18.2 Å². The molecule has 102 valence electrons. The molecule has 1 fully saturated rings. The minimum Gasteiger partial charge on any atom is -0.316 e. The first kappa shape index (κ1) is 14.1. The van der Waals surface area contributed by atoms with Gasteiger partial charge in [-0.3, -0.25) is 4.79 Å². The number of benzene rings is 1. The Morgan fingerprint density at radius 2 is 2.11 bits per heavy atom. The first-order valence-corrected chi connectivity index (χ1v) is 6.63. The molecule has 0 radical (unpaired) electrons. The van der Waals surface area contributed by atoms with Crippen LogP contribution in [0.2, 0.25) is 0 Å². The molecule has 0 saturated carbocycles. The van der Waals surface area contributed by atoms with Crippen molar-refractivity contribution >= 4 is 23.2 Å². The summed E-state index contributed by atoms with van der Waals surface area (Å²) in [5.74, 6) is 0.581. The lowest BCUT2D eigenvalue weighted by atomic mass is 9.99. The summed E-state index contributed by atoms with van der Waals surface area (Å²) in [7, 11) is 0. The van der Waals surface area contributed by atoms with Gasteiger partial charge in [-0.15, -0.1) is 12.4 Å². The smallest absolute Gasteiger partial charge is 0.258 e. The summed E-state index contributed by atoms with van der Waals surface area (Å²) in [6.07, 6.45) is 4.36. The fourth-order valence-corrected chi connectivity index (χ4v) is 2.73. The van der Waals surface area contributed by atoms with Crippen molar-refractivity contribution in [2.24, 2.45) is 5.92 Å². The van der Waals surface area contributed by atoms with Crippen LogP contribution in [0.15, 0.2) is 41.3 Å². The second-order valence-electron chi connectivity index (χ2n) is 5.07. The maximum absolute atomic E-state index is 12.3. The lowest BCUT2D eigenvalue weighted by molar-refractivity contribution is 0.334. The monoisotopic (exact) mass is 278 g/mol. The van der Waals surface area contributed by atoms with E-state index in [-0.39, 0.29) is 18.0 Å². The third kappa shape index (κ3) is 2.99. The van der Waals surface area contributed by atoms with Gasteiger partial charge >= 0.3 is 0 Å². The van der Waals surface area contributed by atoms with Gasteiger partial charge in [0.15, 0.2) is 0 Å². The molecule has 0 spiro atoms. The van der Waals surface area contributed by atoms with Crippen molar-refractivity contribution in [1.29, 1.82) is 0 Å². The van der Waals surface area contributed by atoms with Crippen LogP contribution in [-0.2, 0) is 6.54 Å². The van der Waals surface area contributed by atoms with Crippen LogP contribution in [0.3, 0.4) is 0 Å². The molecule has 1 aromatic heterocycles. The minimum absolute atomic E-state index is 0. The summed E-state index contributed by atoms with van der Waals surface area (Å²) in [6, 6.07) is 9.83. The van der Waals surface area contributed by atoms with Crippen molar-refractivity contribution < 1.29 is 0 Å². The third-order valence-electron chi connectivity index (χ3n) is 3.74. The maximum Gasteiger partial charge on any atom is 0.258 e. The first-order valence-electron chi connectivity index (χ1n) is 6.63. The Morgan fingerprint density at radius 3 is 2.89 bits per heavy atom. The average molecular weight is 279 g/mol. The van der Waals surface area contributed by atoms with E-state index in [0.717, 1.165) is 30.4 Å². The second-order valence-corrected chi connectivity index (χ2v) is 5.07.